The minimum absolute atomic E-state index is 0.159. The molecule has 0 aromatic carbocycles. The smallest absolute Gasteiger partial charge is 0.264 e. The zero-order chi connectivity index (χ0) is 18.0. The Morgan fingerprint density at radius 3 is 2.84 bits per heavy atom. The van der Waals surface area contributed by atoms with Gasteiger partial charge < -0.3 is 9.73 Å². The van der Waals surface area contributed by atoms with E-state index in [1.54, 1.807) is 23.1 Å². The lowest BCUT2D eigenvalue weighted by Gasteiger charge is -2.19. The van der Waals surface area contributed by atoms with Crippen molar-refractivity contribution in [1.29, 1.82) is 0 Å². The summed E-state index contributed by atoms with van der Waals surface area (Å²) in [7, 11) is 0. The topological polar surface area (TPSA) is 95.0 Å². The van der Waals surface area contributed by atoms with E-state index in [0.717, 1.165) is 0 Å². The number of rotatable bonds is 5. The molecule has 8 heteroatoms. The van der Waals surface area contributed by atoms with Gasteiger partial charge in [-0.05, 0) is 32.9 Å². The van der Waals surface area contributed by atoms with Crippen molar-refractivity contribution in [2.75, 3.05) is 0 Å². The standard InChI is InChI=1S/C17H21N5O3/c1-17(2,3)22-15-13(10-20-22)16(24)21(11-19-15)7-6-14(23)18-9-12-5-4-8-25-12/h4-5,8,10-11H,6-7,9H2,1-3H3,(H,18,23). The number of nitrogens with zero attached hydrogens (tertiary/aromatic N) is 4. The fourth-order valence-electron chi connectivity index (χ4n) is 2.51. The Bertz CT molecular complexity index is 931. The first-order chi connectivity index (χ1) is 11.9. The van der Waals surface area contributed by atoms with Gasteiger partial charge in [0, 0.05) is 13.0 Å². The average Bonchev–Trinajstić information content (AvgIpc) is 3.21. The molecule has 0 fully saturated rings. The number of nitrogens with one attached hydrogen (secondary N) is 1. The molecule has 8 nitrogen and oxygen atoms in total. The average molecular weight is 343 g/mol. The van der Waals surface area contributed by atoms with E-state index in [4.69, 9.17) is 4.42 Å². The summed E-state index contributed by atoms with van der Waals surface area (Å²) in [5.41, 5.74) is 0.0920. The van der Waals surface area contributed by atoms with Gasteiger partial charge in [0.2, 0.25) is 5.91 Å². The molecule has 3 aromatic rings. The second-order valence-electron chi connectivity index (χ2n) is 6.81. The molecule has 1 amide bonds. The van der Waals surface area contributed by atoms with Crippen LogP contribution >= 0.6 is 0 Å². The van der Waals surface area contributed by atoms with Gasteiger partial charge in [0.1, 0.15) is 11.1 Å². The molecule has 0 aliphatic rings. The number of aryl methyl sites for hydroxylation is 1. The largest absolute Gasteiger partial charge is 0.467 e. The molecule has 1 N–H and O–H groups in total. The van der Waals surface area contributed by atoms with Crippen molar-refractivity contribution >= 4 is 16.9 Å². The van der Waals surface area contributed by atoms with Gasteiger partial charge >= 0.3 is 0 Å². The van der Waals surface area contributed by atoms with Gasteiger partial charge in [-0.2, -0.15) is 5.10 Å². The zero-order valence-corrected chi connectivity index (χ0v) is 14.5. The van der Waals surface area contributed by atoms with Crippen molar-refractivity contribution in [3.8, 4) is 0 Å². The number of amides is 1. The summed E-state index contributed by atoms with van der Waals surface area (Å²) in [6.07, 6.45) is 4.73. The molecular weight excluding hydrogens is 322 g/mol. The predicted molar refractivity (Wildman–Crippen MR) is 92.0 cm³/mol. The molecule has 0 spiro atoms. The van der Waals surface area contributed by atoms with Crippen molar-refractivity contribution < 1.29 is 9.21 Å². The van der Waals surface area contributed by atoms with Gasteiger partial charge in [-0.25, -0.2) is 9.67 Å². The molecule has 0 atom stereocenters. The molecule has 0 bridgehead atoms. The van der Waals surface area contributed by atoms with Crippen LogP contribution in [0.3, 0.4) is 0 Å². The van der Waals surface area contributed by atoms with Gasteiger partial charge in [0.05, 0.1) is 30.9 Å². The van der Waals surface area contributed by atoms with Gasteiger partial charge in [-0.15, -0.1) is 0 Å². The first kappa shape index (κ1) is 16.9. The molecule has 0 saturated heterocycles. The molecule has 0 aliphatic carbocycles. The summed E-state index contributed by atoms with van der Waals surface area (Å²) in [5.74, 6) is 0.525. The quantitative estimate of drug-likeness (QED) is 0.760. The molecule has 25 heavy (non-hydrogen) atoms. The molecule has 0 unspecified atom stereocenters. The van der Waals surface area contributed by atoms with Crippen LogP contribution in [0.2, 0.25) is 0 Å². The molecule has 0 saturated carbocycles. The minimum Gasteiger partial charge on any atom is -0.467 e. The highest BCUT2D eigenvalue weighted by Gasteiger charge is 2.19. The van der Waals surface area contributed by atoms with E-state index in [-0.39, 0.29) is 30.0 Å². The summed E-state index contributed by atoms with van der Waals surface area (Å²) in [6, 6.07) is 3.55. The summed E-state index contributed by atoms with van der Waals surface area (Å²) in [5, 5.41) is 7.48. The number of carbonyl (C=O) groups excluding carboxylic acids is 1. The van der Waals surface area contributed by atoms with Crippen molar-refractivity contribution in [3.05, 3.63) is 47.0 Å². The third kappa shape index (κ3) is 3.62. The number of carbonyl (C=O) groups is 1. The molecule has 3 heterocycles. The fraction of sp³-hybridized carbons (Fsp3) is 0.412. The van der Waals surface area contributed by atoms with Crippen LogP contribution in [0.5, 0.6) is 0 Å². The van der Waals surface area contributed by atoms with Crippen molar-refractivity contribution in [1.82, 2.24) is 24.6 Å². The summed E-state index contributed by atoms with van der Waals surface area (Å²) >= 11 is 0. The van der Waals surface area contributed by atoms with Gasteiger partial charge in [-0.3, -0.25) is 14.2 Å². The van der Waals surface area contributed by atoms with Crippen LogP contribution in [0.1, 0.15) is 33.0 Å². The monoisotopic (exact) mass is 343 g/mol. The fourth-order valence-corrected chi connectivity index (χ4v) is 2.51. The molecule has 3 rings (SSSR count). The lowest BCUT2D eigenvalue weighted by atomic mass is 10.1. The maximum atomic E-state index is 12.5. The van der Waals surface area contributed by atoms with Gasteiger partial charge in [0.25, 0.3) is 5.56 Å². The first-order valence-electron chi connectivity index (χ1n) is 8.09. The predicted octanol–water partition coefficient (Wildman–Crippen LogP) is 1.65. The molecule has 3 aromatic heterocycles. The van der Waals surface area contributed by atoms with Crippen molar-refractivity contribution in [2.24, 2.45) is 0 Å². The highest BCUT2D eigenvalue weighted by molar-refractivity contribution is 5.76. The Morgan fingerprint density at radius 2 is 2.16 bits per heavy atom. The summed E-state index contributed by atoms with van der Waals surface area (Å²) in [4.78, 5) is 28.8. The van der Waals surface area contributed by atoms with Crippen LogP contribution in [0.4, 0.5) is 0 Å². The Kier molecular flexibility index (Phi) is 4.43. The van der Waals surface area contributed by atoms with Crippen LogP contribution in [-0.4, -0.2) is 25.2 Å². The van der Waals surface area contributed by atoms with Crippen molar-refractivity contribution in [2.45, 2.75) is 45.8 Å². The van der Waals surface area contributed by atoms with E-state index in [0.29, 0.717) is 23.3 Å². The van der Waals surface area contributed by atoms with Crippen molar-refractivity contribution in [3.63, 3.8) is 0 Å². The van der Waals surface area contributed by atoms with E-state index < -0.39 is 0 Å². The normalized spacial score (nSPS) is 11.8. The van der Waals surface area contributed by atoms with E-state index in [9.17, 15) is 9.59 Å². The van der Waals surface area contributed by atoms with E-state index in [1.165, 1.54) is 17.1 Å². The lowest BCUT2D eigenvalue weighted by Crippen LogP contribution is -2.28. The van der Waals surface area contributed by atoms with Crippen LogP contribution < -0.4 is 10.9 Å². The number of hydrogen-bond donors (Lipinski definition) is 1. The third-order valence-electron chi connectivity index (χ3n) is 3.81. The Hall–Kier alpha value is -2.90. The number of aromatic nitrogens is 4. The van der Waals surface area contributed by atoms with Crippen LogP contribution in [0.25, 0.3) is 11.0 Å². The maximum Gasteiger partial charge on any atom is 0.264 e. The zero-order valence-electron chi connectivity index (χ0n) is 14.5. The lowest BCUT2D eigenvalue weighted by molar-refractivity contribution is -0.121. The van der Waals surface area contributed by atoms with E-state index in [2.05, 4.69) is 15.4 Å². The van der Waals surface area contributed by atoms with Gasteiger partial charge in [0.15, 0.2) is 5.65 Å². The number of furan rings is 1. The number of hydrogen-bond acceptors (Lipinski definition) is 5. The molecule has 132 valence electrons. The SMILES string of the molecule is CC(C)(C)n1ncc2c(=O)n(CCC(=O)NCc3ccco3)cnc21. The summed E-state index contributed by atoms with van der Waals surface area (Å²) in [6.45, 7) is 6.57. The first-order valence-corrected chi connectivity index (χ1v) is 8.09. The van der Waals surface area contributed by atoms with E-state index in [1.807, 2.05) is 20.8 Å². The highest BCUT2D eigenvalue weighted by atomic mass is 16.3. The van der Waals surface area contributed by atoms with Gasteiger partial charge in [-0.1, -0.05) is 0 Å². The second kappa shape index (κ2) is 6.54. The molecular formula is C17H21N5O3. The third-order valence-corrected chi connectivity index (χ3v) is 3.81. The Morgan fingerprint density at radius 1 is 1.36 bits per heavy atom. The number of fused-ring (bicyclic) bond motifs is 1. The Balaban J connectivity index is 1.69. The van der Waals surface area contributed by atoms with E-state index >= 15 is 0 Å². The van der Waals surface area contributed by atoms with Crippen LogP contribution in [0, 0.1) is 0 Å². The van der Waals surface area contributed by atoms with Crippen LogP contribution in [0.15, 0.2) is 40.1 Å². The molecule has 0 aliphatic heterocycles. The Labute approximate surface area is 144 Å². The maximum absolute atomic E-state index is 12.5. The second-order valence-corrected chi connectivity index (χ2v) is 6.81. The van der Waals surface area contributed by atoms with Crippen LogP contribution in [-0.2, 0) is 23.4 Å². The minimum atomic E-state index is -0.265. The summed E-state index contributed by atoms with van der Waals surface area (Å²) < 4.78 is 8.31. The highest BCUT2D eigenvalue weighted by Crippen LogP contribution is 2.17. The molecule has 0 radical (unpaired) electrons.